The quantitative estimate of drug-likeness (QED) is 0.716. The zero-order chi connectivity index (χ0) is 15.1. The zero-order valence-corrected chi connectivity index (χ0v) is 12.7. The summed E-state index contributed by atoms with van der Waals surface area (Å²) in [4.78, 5) is 11.1. The highest BCUT2D eigenvalue weighted by atomic mass is 16.5. The SMILES string of the molecule is COc1ccc(NC(C)=O)cc1NCC(CN)C(C)C. The second-order valence-electron chi connectivity index (χ2n) is 5.22. The van der Waals surface area contributed by atoms with Gasteiger partial charge in [0.2, 0.25) is 5.91 Å². The van der Waals surface area contributed by atoms with Crippen molar-refractivity contribution in [1.29, 1.82) is 0 Å². The van der Waals surface area contributed by atoms with Gasteiger partial charge in [0.25, 0.3) is 0 Å². The van der Waals surface area contributed by atoms with Crippen LogP contribution in [0.1, 0.15) is 20.8 Å². The predicted molar refractivity (Wildman–Crippen MR) is 83.2 cm³/mol. The molecule has 112 valence electrons. The van der Waals surface area contributed by atoms with Gasteiger partial charge in [0.15, 0.2) is 0 Å². The number of carbonyl (C=O) groups excluding carboxylic acids is 1. The minimum Gasteiger partial charge on any atom is -0.495 e. The number of anilines is 2. The Kier molecular flexibility index (Phi) is 6.31. The smallest absolute Gasteiger partial charge is 0.221 e. The molecule has 0 aliphatic rings. The number of amides is 1. The molecular formula is C15H25N3O2. The van der Waals surface area contributed by atoms with E-state index in [9.17, 15) is 4.79 Å². The average molecular weight is 279 g/mol. The molecule has 1 aromatic rings. The summed E-state index contributed by atoms with van der Waals surface area (Å²) in [5.41, 5.74) is 7.38. The third-order valence-corrected chi connectivity index (χ3v) is 3.32. The van der Waals surface area contributed by atoms with Crippen LogP contribution in [0.25, 0.3) is 0 Å². The summed E-state index contributed by atoms with van der Waals surface area (Å²) in [6.07, 6.45) is 0. The van der Waals surface area contributed by atoms with E-state index in [1.807, 2.05) is 18.2 Å². The third-order valence-electron chi connectivity index (χ3n) is 3.32. The largest absolute Gasteiger partial charge is 0.495 e. The number of rotatable bonds is 7. The second-order valence-corrected chi connectivity index (χ2v) is 5.22. The number of ether oxygens (including phenoxy) is 1. The minimum atomic E-state index is -0.0943. The van der Waals surface area contributed by atoms with Crippen LogP contribution in [0.5, 0.6) is 5.75 Å². The topological polar surface area (TPSA) is 76.4 Å². The lowest BCUT2D eigenvalue weighted by molar-refractivity contribution is -0.114. The van der Waals surface area contributed by atoms with E-state index in [1.165, 1.54) is 6.92 Å². The van der Waals surface area contributed by atoms with E-state index in [-0.39, 0.29) is 5.91 Å². The number of methoxy groups -OCH3 is 1. The lowest BCUT2D eigenvalue weighted by atomic mass is 9.96. The van der Waals surface area contributed by atoms with E-state index in [1.54, 1.807) is 7.11 Å². The summed E-state index contributed by atoms with van der Waals surface area (Å²) in [6, 6.07) is 5.52. The van der Waals surface area contributed by atoms with Crippen molar-refractivity contribution < 1.29 is 9.53 Å². The van der Waals surface area contributed by atoms with Crippen molar-refractivity contribution in [2.24, 2.45) is 17.6 Å². The number of hydrogen-bond donors (Lipinski definition) is 3. The van der Waals surface area contributed by atoms with Crippen molar-refractivity contribution in [2.45, 2.75) is 20.8 Å². The molecule has 5 nitrogen and oxygen atoms in total. The highest BCUT2D eigenvalue weighted by molar-refractivity contribution is 5.89. The molecule has 0 heterocycles. The molecular weight excluding hydrogens is 254 g/mol. The minimum absolute atomic E-state index is 0.0943. The molecule has 0 fully saturated rings. The number of carbonyl (C=O) groups is 1. The summed E-state index contributed by atoms with van der Waals surface area (Å²) in [5.74, 6) is 1.56. The van der Waals surface area contributed by atoms with Crippen molar-refractivity contribution in [3.05, 3.63) is 18.2 Å². The summed E-state index contributed by atoms with van der Waals surface area (Å²) in [6.45, 7) is 7.21. The van der Waals surface area contributed by atoms with Crippen molar-refractivity contribution in [1.82, 2.24) is 0 Å². The molecule has 1 aromatic carbocycles. The number of nitrogens with one attached hydrogen (secondary N) is 2. The maximum absolute atomic E-state index is 11.1. The first-order valence-corrected chi connectivity index (χ1v) is 6.87. The first kappa shape index (κ1) is 16.3. The lowest BCUT2D eigenvalue weighted by Gasteiger charge is -2.21. The number of hydrogen-bond acceptors (Lipinski definition) is 4. The van der Waals surface area contributed by atoms with Crippen LogP contribution in [0.2, 0.25) is 0 Å². The monoisotopic (exact) mass is 279 g/mol. The van der Waals surface area contributed by atoms with Gasteiger partial charge in [-0.3, -0.25) is 4.79 Å². The first-order chi connectivity index (χ1) is 9.47. The van der Waals surface area contributed by atoms with Crippen molar-refractivity contribution >= 4 is 17.3 Å². The van der Waals surface area contributed by atoms with E-state index in [0.717, 1.165) is 23.7 Å². The van der Waals surface area contributed by atoms with Crippen LogP contribution in [0.15, 0.2) is 18.2 Å². The molecule has 5 heteroatoms. The van der Waals surface area contributed by atoms with Crippen LogP contribution in [-0.4, -0.2) is 26.1 Å². The van der Waals surface area contributed by atoms with Gasteiger partial charge >= 0.3 is 0 Å². The fraction of sp³-hybridized carbons (Fsp3) is 0.533. The molecule has 1 atom stereocenters. The highest BCUT2D eigenvalue weighted by Crippen LogP contribution is 2.28. The molecule has 1 amide bonds. The molecule has 0 saturated heterocycles. The average Bonchev–Trinajstić information content (AvgIpc) is 2.38. The van der Waals surface area contributed by atoms with Gasteiger partial charge in [0.1, 0.15) is 5.75 Å². The van der Waals surface area contributed by atoms with E-state index in [2.05, 4.69) is 24.5 Å². The standard InChI is InChI=1S/C15H25N3O2/c1-10(2)12(8-16)9-17-14-7-13(18-11(3)19)5-6-15(14)20-4/h5-7,10,12,17H,8-9,16H2,1-4H3,(H,18,19). The molecule has 0 saturated carbocycles. The first-order valence-electron chi connectivity index (χ1n) is 6.87. The van der Waals surface area contributed by atoms with E-state index in [4.69, 9.17) is 10.5 Å². The summed E-state index contributed by atoms with van der Waals surface area (Å²) in [5, 5.41) is 6.12. The van der Waals surface area contributed by atoms with Crippen molar-refractivity contribution in [3.63, 3.8) is 0 Å². The Morgan fingerprint density at radius 1 is 1.40 bits per heavy atom. The number of nitrogens with two attached hydrogens (primary N) is 1. The molecule has 0 aromatic heterocycles. The van der Waals surface area contributed by atoms with Gasteiger partial charge in [-0.25, -0.2) is 0 Å². The molecule has 0 aliphatic carbocycles. The molecule has 1 rings (SSSR count). The Labute approximate surface area is 120 Å². The maximum atomic E-state index is 11.1. The highest BCUT2D eigenvalue weighted by Gasteiger charge is 2.12. The second kappa shape index (κ2) is 7.75. The third kappa shape index (κ3) is 4.74. The predicted octanol–water partition coefficient (Wildman–Crippen LogP) is 2.30. The molecule has 1 unspecified atom stereocenters. The van der Waals surface area contributed by atoms with Crippen LogP contribution in [-0.2, 0) is 4.79 Å². The summed E-state index contributed by atoms with van der Waals surface area (Å²) >= 11 is 0. The molecule has 0 bridgehead atoms. The maximum Gasteiger partial charge on any atom is 0.221 e. The van der Waals surface area contributed by atoms with Crippen LogP contribution >= 0.6 is 0 Å². The number of benzene rings is 1. The fourth-order valence-electron chi connectivity index (χ4n) is 1.96. The Morgan fingerprint density at radius 3 is 2.60 bits per heavy atom. The molecule has 20 heavy (non-hydrogen) atoms. The normalized spacial score (nSPS) is 12.1. The van der Waals surface area contributed by atoms with Crippen LogP contribution < -0.4 is 21.1 Å². The molecule has 0 radical (unpaired) electrons. The van der Waals surface area contributed by atoms with Gasteiger partial charge in [-0.1, -0.05) is 13.8 Å². The van der Waals surface area contributed by atoms with E-state index < -0.39 is 0 Å². The van der Waals surface area contributed by atoms with Gasteiger partial charge in [-0.05, 0) is 36.6 Å². The zero-order valence-electron chi connectivity index (χ0n) is 12.7. The Bertz CT molecular complexity index is 447. The Hall–Kier alpha value is -1.75. The van der Waals surface area contributed by atoms with Gasteiger partial charge in [0.05, 0.1) is 12.8 Å². The van der Waals surface area contributed by atoms with Crippen LogP contribution in [0, 0.1) is 11.8 Å². The van der Waals surface area contributed by atoms with E-state index in [0.29, 0.717) is 18.4 Å². The summed E-state index contributed by atoms with van der Waals surface area (Å²) < 4.78 is 5.33. The van der Waals surface area contributed by atoms with E-state index >= 15 is 0 Å². The van der Waals surface area contributed by atoms with Gasteiger partial charge < -0.3 is 21.1 Å². The van der Waals surface area contributed by atoms with Crippen LogP contribution in [0.3, 0.4) is 0 Å². The molecule has 4 N–H and O–H groups in total. The van der Waals surface area contributed by atoms with Gasteiger partial charge in [0, 0.05) is 19.2 Å². The van der Waals surface area contributed by atoms with Crippen molar-refractivity contribution in [2.75, 3.05) is 30.8 Å². The van der Waals surface area contributed by atoms with Gasteiger partial charge in [-0.2, -0.15) is 0 Å². The Morgan fingerprint density at radius 2 is 2.10 bits per heavy atom. The Balaban J connectivity index is 2.82. The van der Waals surface area contributed by atoms with Gasteiger partial charge in [-0.15, -0.1) is 0 Å². The lowest BCUT2D eigenvalue weighted by Crippen LogP contribution is -2.27. The van der Waals surface area contributed by atoms with Crippen LogP contribution in [0.4, 0.5) is 11.4 Å². The fourth-order valence-corrected chi connectivity index (χ4v) is 1.96. The molecule has 0 aliphatic heterocycles. The molecule has 0 spiro atoms. The summed E-state index contributed by atoms with van der Waals surface area (Å²) in [7, 11) is 1.63. The van der Waals surface area contributed by atoms with Crippen molar-refractivity contribution in [3.8, 4) is 5.75 Å².